The minimum Gasteiger partial charge on any atom is -0.326 e. The predicted octanol–water partition coefficient (Wildman–Crippen LogP) is 5.09. The highest BCUT2D eigenvalue weighted by Crippen LogP contribution is 2.32. The zero-order chi connectivity index (χ0) is 24.3. The number of unbranched alkanes of at least 4 members (excludes halogenated alkanes) is 10. The van der Waals surface area contributed by atoms with Crippen LogP contribution in [0.25, 0.3) is 0 Å². The fourth-order valence-corrected chi connectivity index (χ4v) is 4.87. The van der Waals surface area contributed by atoms with Crippen molar-refractivity contribution < 1.29 is 19.2 Å². The second-order valence-corrected chi connectivity index (χ2v) is 9.57. The standard InChI is InChI=1S/C27H39N3O4/c1-2-3-4-5-6-7-8-9-10-11-12-16-24(31)28-22-15-13-14-20-21(22)19-30(27(20)34)23-17-18-25(32)29-26(23)33/h13-15,23H,2-12,16-19H2,1H3,(H,28,31)(H,29,32,33). The molecule has 2 aliphatic heterocycles. The molecule has 0 spiro atoms. The van der Waals surface area contributed by atoms with Crippen molar-refractivity contribution in [3.63, 3.8) is 0 Å². The van der Waals surface area contributed by atoms with E-state index >= 15 is 0 Å². The summed E-state index contributed by atoms with van der Waals surface area (Å²) in [6.45, 7) is 2.50. The lowest BCUT2D eigenvalue weighted by atomic mass is 10.0. The number of piperidine rings is 1. The van der Waals surface area contributed by atoms with Gasteiger partial charge in [-0.05, 0) is 25.0 Å². The van der Waals surface area contributed by atoms with Gasteiger partial charge in [0, 0.05) is 36.2 Å². The third-order valence-electron chi connectivity index (χ3n) is 6.86. The van der Waals surface area contributed by atoms with Crippen molar-refractivity contribution in [2.45, 2.75) is 109 Å². The largest absolute Gasteiger partial charge is 0.326 e. The summed E-state index contributed by atoms with van der Waals surface area (Å²) in [5, 5.41) is 5.28. The smallest absolute Gasteiger partial charge is 0.255 e. The van der Waals surface area contributed by atoms with E-state index in [9.17, 15) is 19.2 Å². The molecule has 2 aliphatic rings. The molecular formula is C27H39N3O4. The highest BCUT2D eigenvalue weighted by molar-refractivity contribution is 6.06. The summed E-state index contributed by atoms with van der Waals surface area (Å²) < 4.78 is 0. The van der Waals surface area contributed by atoms with Crippen LogP contribution in [0.3, 0.4) is 0 Å². The Morgan fingerprint density at radius 2 is 1.62 bits per heavy atom. The maximum atomic E-state index is 12.9. The third kappa shape index (κ3) is 7.15. The van der Waals surface area contributed by atoms with Crippen molar-refractivity contribution in [3.05, 3.63) is 29.3 Å². The molecular weight excluding hydrogens is 430 g/mol. The van der Waals surface area contributed by atoms with E-state index in [4.69, 9.17) is 0 Å². The molecule has 4 amide bonds. The lowest BCUT2D eigenvalue weighted by Gasteiger charge is -2.29. The van der Waals surface area contributed by atoms with Crippen LogP contribution in [-0.4, -0.2) is 34.6 Å². The fourth-order valence-electron chi connectivity index (χ4n) is 4.87. The maximum absolute atomic E-state index is 12.9. The van der Waals surface area contributed by atoms with Gasteiger partial charge in [-0.2, -0.15) is 0 Å². The number of nitrogens with zero attached hydrogens (tertiary/aromatic N) is 1. The van der Waals surface area contributed by atoms with Gasteiger partial charge >= 0.3 is 0 Å². The quantitative estimate of drug-likeness (QED) is 0.293. The molecule has 0 radical (unpaired) electrons. The number of benzene rings is 1. The van der Waals surface area contributed by atoms with Gasteiger partial charge in [0.2, 0.25) is 17.7 Å². The molecule has 1 aromatic carbocycles. The maximum Gasteiger partial charge on any atom is 0.255 e. The lowest BCUT2D eigenvalue weighted by Crippen LogP contribution is -2.52. The number of carbonyl (C=O) groups is 4. The molecule has 34 heavy (non-hydrogen) atoms. The van der Waals surface area contributed by atoms with Crippen LogP contribution in [0.15, 0.2) is 18.2 Å². The van der Waals surface area contributed by atoms with Gasteiger partial charge in [0.1, 0.15) is 6.04 Å². The van der Waals surface area contributed by atoms with Gasteiger partial charge < -0.3 is 10.2 Å². The van der Waals surface area contributed by atoms with Crippen molar-refractivity contribution in [2.24, 2.45) is 0 Å². The Labute approximate surface area is 203 Å². The third-order valence-corrected chi connectivity index (χ3v) is 6.86. The molecule has 1 aromatic rings. The van der Waals surface area contributed by atoms with Crippen LogP contribution in [0.2, 0.25) is 0 Å². The summed E-state index contributed by atoms with van der Waals surface area (Å²) in [7, 11) is 0. The number of rotatable bonds is 14. The van der Waals surface area contributed by atoms with Gasteiger partial charge in [-0.3, -0.25) is 24.5 Å². The topological polar surface area (TPSA) is 95.6 Å². The Balaban J connectivity index is 1.39. The molecule has 0 saturated carbocycles. The Morgan fingerprint density at radius 1 is 0.971 bits per heavy atom. The number of carbonyl (C=O) groups excluding carboxylic acids is 4. The van der Waals surface area contributed by atoms with E-state index in [0.29, 0.717) is 24.1 Å². The average molecular weight is 470 g/mol. The normalized spacial score (nSPS) is 17.6. The Bertz CT molecular complexity index is 883. The minimum absolute atomic E-state index is 0.0452. The van der Waals surface area contributed by atoms with Gasteiger partial charge in [0.15, 0.2) is 0 Å². The summed E-state index contributed by atoms with van der Waals surface area (Å²) in [6, 6.07) is 4.63. The first-order valence-corrected chi connectivity index (χ1v) is 13.1. The number of hydrogen-bond donors (Lipinski definition) is 2. The van der Waals surface area contributed by atoms with E-state index in [1.807, 2.05) is 0 Å². The predicted molar refractivity (Wildman–Crippen MR) is 132 cm³/mol. The first kappa shape index (κ1) is 25.9. The number of amides is 4. The SMILES string of the molecule is CCCCCCCCCCCCCC(=O)Nc1cccc2c1CN(C1CCC(=O)NC1=O)C2=O. The number of imide groups is 1. The van der Waals surface area contributed by atoms with E-state index in [-0.39, 0.29) is 30.7 Å². The zero-order valence-corrected chi connectivity index (χ0v) is 20.5. The van der Waals surface area contributed by atoms with E-state index in [1.54, 1.807) is 18.2 Å². The van der Waals surface area contributed by atoms with E-state index in [1.165, 1.54) is 62.7 Å². The van der Waals surface area contributed by atoms with Crippen LogP contribution in [0.4, 0.5) is 5.69 Å². The average Bonchev–Trinajstić information content (AvgIpc) is 3.15. The molecule has 1 fully saturated rings. The van der Waals surface area contributed by atoms with Crippen molar-refractivity contribution in [2.75, 3.05) is 5.32 Å². The number of anilines is 1. The summed E-state index contributed by atoms with van der Waals surface area (Å²) in [5.74, 6) is -1.01. The van der Waals surface area contributed by atoms with E-state index < -0.39 is 11.9 Å². The van der Waals surface area contributed by atoms with Crippen molar-refractivity contribution >= 4 is 29.3 Å². The highest BCUT2D eigenvalue weighted by Gasteiger charge is 2.39. The number of nitrogens with one attached hydrogen (secondary N) is 2. The first-order chi connectivity index (χ1) is 16.5. The molecule has 2 heterocycles. The van der Waals surface area contributed by atoms with Gasteiger partial charge in [-0.1, -0.05) is 77.2 Å². The molecule has 186 valence electrons. The van der Waals surface area contributed by atoms with E-state index in [2.05, 4.69) is 17.6 Å². The number of hydrogen-bond acceptors (Lipinski definition) is 4. The summed E-state index contributed by atoms with van der Waals surface area (Å²) in [6.07, 6.45) is 14.6. The molecule has 1 unspecified atom stereocenters. The molecule has 1 saturated heterocycles. The summed E-state index contributed by atoms with van der Waals surface area (Å²) in [5.41, 5.74) is 1.88. The lowest BCUT2D eigenvalue weighted by molar-refractivity contribution is -0.137. The van der Waals surface area contributed by atoms with Crippen LogP contribution in [0.5, 0.6) is 0 Å². The van der Waals surface area contributed by atoms with Gasteiger partial charge in [0.25, 0.3) is 5.91 Å². The van der Waals surface area contributed by atoms with Crippen molar-refractivity contribution in [1.82, 2.24) is 10.2 Å². The van der Waals surface area contributed by atoms with Crippen LogP contribution < -0.4 is 10.6 Å². The molecule has 3 rings (SSSR count). The second kappa shape index (κ2) is 13.3. The first-order valence-electron chi connectivity index (χ1n) is 13.1. The van der Waals surface area contributed by atoms with Crippen LogP contribution in [0.1, 0.15) is 113 Å². The van der Waals surface area contributed by atoms with Gasteiger partial charge in [-0.25, -0.2) is 0 Å². The van der Waals surface area contributed by atoms with Crippen LogP contribution >= 0.6 is 0 Å². The molecule has 0 aromatic heterocycles. The molecule has 7 heteroatoms. The van der Waals surface area contributed by atoms with Crippen molar-refractivity contribution in [3.8, 4) is 0 Å². The van der Waals surface area contributed by atoms with Gasteiger partial charge in [0.05, 0.1) is 0 Å². The van der Waals surface area contributed by atoms with Crippen LogP contribution in [-0.2, 0) is 20.9 Å². The monoisotopic (exact) mass is 469 g/mol. The zero-order valence-electron chi connectivity index (χ0n) is 20.5. The molecule has 0 aliphatic carbocycles. The highest BCUT2D eigenvalue weighted by atomic mass is 16.2. The van der Waals surface area contributed by atoms with Crippen LogP contribution in [0, 0.1) is 0 Å². The Morgan fingerprint density at radius 3 is 2.26 bits per heavy atom. The molecule has 2 N–H and O–H groups in total. The Kier molecular flexibility index (Phi) is 10.1. The molecule has 1 atom stereocenters. The van der Waals surface area contributed by atoms with Gasteiger partial charge in [-0.15, -0.1) is 0 Å². The molecule has 7 nitrogen and oxygen atoms in total. The Hall–Kier alpha value is -2.70. The molecule has 0 bridgehead atoms. The summed E-state index contributed by atoms with van der Waals surface area (Å²) >= 11 is 0. The minimum atomic E-state index is -0.655. The van der Waals surface area contributed by atoms with E-state index in [0.717, 1.165) is 18.4 Å². The van der Waals surface area contributed by atoms with Crippen molar-refractivity contribution in [1.29, 1.82) is 0 Å². The second-order valence-electron chi connectivity index (χ2n) is 9.57. The summed E-state index contributed by atoms with van der Waals surface area (Å²) in [4.78, 5) is 50.6. The number of fused-ring (bicyclic) bond motifs is 1. The fraction of sp³-hybridized carbons (Fsp3) is 0.630.